The normalized spacial score (nSPS) is 12.7. The van der Waals surface area contributed by atoms with E-state index in [0.717, 1.165) is 5.56 Å². The second-order valence-corrected chi connectivity index (χ2v) is 6.72. The summed E-state index contributed by atoms with van der Waals surface area (Å²) in [5.74, 6) is -2.32. The zero-order valence-electron chi connectivity index (χ0n) is 15.2. The van der Waals surface area contributed by atoms with Crippen molar-refractivity contribution in [1.29, 1.82) is 0 Å². The fourth-order valence-electron chi connectivity index (χ4n) is 2.51. The number of benzene rings is 2. The molecule has 0 heterocycles. The summed E-state index contributed by atoms with van der Waals surface area (Å²) in [6, 6.07) is 11.5. The number of halogens is 1. The highest BCUT2D eigenvalue weighted by molar-refractivity contribution is 6.30. The Morgan fingerprint density at radius 2 is 1.86 bits per heavy atom. The zero-order chi connectivity index (χ0) is 20.7. The SMILES string of the molecule is Cc1cc(Cl)ccc1OC(=O)[C@H](Cc1ccccc1)NC(=O)[C@@H](N)CC(=O)O. The van der Waals surface area contributed by atoms with Crippen molar-refractivity contribution in [3.05, 3.63) is 64.7 Å². The monoisotopic (exact) mass is 404 g/mol. The van der Waals surface area contributed by atoms with E-state index in [1.54, 1.807) is 49.4 Å². The number of aliphatic carboxylic acids is 1. The van der Waals surface area contributed by atoms with Gasteiger partial charge in [-0.15, -0.1) is 0 Å². The Balaban J connectivity index is 2.17. The van der Waals surface area contributed by atoms with Gasteiger partial charge >= 0.3 is 11.9 Å². The van der Waals surface area contributed by atoms with Crippen molar-refractivity contribution in [1.82, 2.24) is 5.32 Å². The van der Waals surface area contributed by atoms with E-state index >= 15 is 0 Å². The number of amides is 1. The third kappa shape index (κ3) is 6.37. The molecular weight excluding hydrogens is 384 g/mol. The third-order valence-corrected chi connectivity index (χ3v) is 4.20. The van der Waals surface area contributed by atoms with E-state index in [2.05, 4.69) is 5.32 Å². The number of carboxylic acids is 1. The molecular formula is C20H21ClN2O5. The Morgan fingerprint density at radius 1 is 1.18 bits per heavy atom. The summed E-state index contributed by atoms with van der Waals surface area (Å²) in [5, 5.41) is 11.8. The summed E-state index contributed by atoms with van der Waals surface area (Å²) >= 11 is 5.91. The maximum absolute atomic E-state index is 12.7. The van der Waals surface area contributed by atoms with Crippen LogP contribution in [0.5, 0.6) is 5.75 Å². The molecule has 0 radical (unpaired) electrons. The molecule has 2 rings (SSSR count). The number of nitrogens with one attached hydrogen (secondary N) is 1. The van der Waals surface area contributed by atoms with Crippen LogP contribution < -0.4 is 15.8 Å². The maximum atomic E-state index is 12.7. The minimum Gasteiger partial charge on any atom is -0.481 e. The lowest BCUT2D eigenvalue weighted by Gasteiger charge is -2.20. The predicted molar refractivity (Wildman–Crippen MR) is 104 cm³/mol. The van der Waals surface area contributed by atoms with Crippen LogP contribution in [0, 0.1) is 6.92 Å². The Hall–Kier alpha value is -2.90. The van der Waals surface area contributed by atoms with Crippen LogP contribution in [0.25, 0.3) is 0 Å². The molecule has 0 aliphatic carbocycles. The molecule has 0 aromatic heterocycles. The van der Waals surface area contributed by atoms with Gasteiger partial charge in [-0.05, 0) is 36.2 Å². The lowest BCUT2D eigenvalue weighted by molar-refractivity contribution is -0.141. The lowest BCUT2D eigenvalue weighted by atomic mass is 10.1. The zero-order valence-corrected chi connectivity index (χ0v) is 16.0. The van der Waals surface area contributed by atoms with Gasteiger partial charge < -0.3 is 20.9 Å². The van der Waals surface area contributed by atoms with E-state index < -0.39 is 36.4 Å². The lowest BCUT2D eigenvalue weighted by Crippen LogP contribution is -2.51. The Morgan fingerprint density at radius 3 is 2.46 bits per heavy atom. The van der Waals surface area contributed by atoms with Gasteiger partial charge in [0.2, 0.25) is 5.91 Å². The predicted octanol–water partition coefficient (Wildman–Crippen LogP) is 2.08. The molecule has 0 unspecified atom stereocenters. The van der Waals surface area contributed by atoms with Crippen molar-refractivity contribution in [2.45, 2.75) is 31.8 Å². The number of esters is 1. The highest BCUT2D eigenvalue weighted by Crippen LogP contribution is 2.22. The van der Waals surface area contributed by atoms with Crippen molar-refractivity contribution in [2.24, 2.45) is 5.73 Å². The van der Waals surface area contributed by atoms with Crippen LogP contribution >= 0.6 is 11.6 Å². The van der Waals surface area contributed by atoms with E-state index in [1.807, 2.05) is 6.07 Å². The number of rotatable bonds is 8. The quantitative estimate of drug-likeness (QED) is 0.458. The van der Waals surface area contributed by atoms with Crippen molar-refractivity contribution in [3.63, 3.8) is 0 Å². The van der Waals surface area contributed by atoms with Crippen molar-refractivity contribution < 1.29 is 24.2 Å². The Bertz CT molecular complexity index is 857. The van der Waals surface area contributed by atoms with E-state index in [4.69, 9.17) is 27.2 Å². The van der Waals surface area contributed by atoms with E-state index in [-0.39, 0.29) is 6.42 Å². The molecule has 4 N–H and O–H groups in total. The van der Waals surface area contributed by atoms with Gasteiger partial charge in [-0.1, -0.05) is 41.9 Å². The van der Waals surface area contributed by atoms with Crippen molar-refractivity contribution in [3.8, 4) is 5.75 Å². The number of hydrogen-bond donors (Lipinski definition) is 3. The third-order valence-electron chi connectivity index (χ3n) is 3.96. The van der Waals surface area contributed by atoms with Crippen molar-refractivity contribution >= 4 is 29.4 Å². The molecule has 148 valence electrons. The van der Waals surface area contributed by atoms with Crippen LogP contribution in [0.4, 0.5) is 0 Å². The number of hydrogen-bond acceptors (Lipinski definition) is 5. The standard InChI is InChI=1S/C20H21ClN2O5/c1-12-9-14(21)7-8-17(12)28-20(27)16(10-13-5-3-2-4-6-13)23-19(26)15(22)11-18(24)25/h2-9,15-16H,10-11,22H2,1H3,(H,23,26)(H,24,25)/t15-,16-/m0/s1. The molecule has 28 heavy (non-hydrogen) atoms. The first-order valence-electron chi connectivity index (χ1n) is 8.55. The van der Waals surface area contributed by atoms with Gasteiger partial charge in [0.25, 0.3) is 0 Å². The fourth-order valence-corrected chi connectivity index (χ4v) is 2.74. The average molecular weight is 405 g/mol. The summed E-state index contributed by atoms with van der Waals surface area (Å²) < 4.78 is 5.43. The smallest absolute Gasteiger partial charge is 0.334 e. The van der Waals surface area contributed by atoms with E-state index in [0.29, 0.717) is 16.3 Å². The molecule has 2 aromatic rings. The highest BCUT2D eigenvalue weighted by atomic mass is 35.5. The molecule has 0 spiro atoms. The van der Waals surface area contributed by atoms with E-state index in [9.17, 15) is 14.4 Å². The van der Waals surface area contributed by atoms with Crippen LogP contribution in [0.1, 0.15) is 17.5 Å². The molecule has 1 amide bonds. The molecule has 0 saturated heterocycles. The largest absolute Gasteiger partial charge is 0.481 e. The first-order chi connectivity index (χ1) is 13.3. The average Bonchev–Trinajstić information content (AvgIpc) is 2.63. The number of carbonyl (C=O) groups is 3. The summed E-state index contributed by atoms with van der Waals surface area (Å²) in [7, 11) is 0. The molecule has 0 aliphatic heterocycles. The topological polar surface area (TPSA) is 119 Å². The summed E-state index contributed by atoms with van der Waals surface area (Å²) in [6.07, 6.45) is -0.382. The van der Waals surface area contributed by atoms with Crippen LogP contribution in [-0.4, -0.2) is 35.0 Å². The first kappa shape index (κ1) is 21.4. The minimum atomic E-state index is -1.28. The second kappa shape index (κ2) is 9.87. The van der Waals surface area contributed by atoms with Gasteiger partial charge in [-0.3, -0.25) is 9.59 Å². The molecule has 0 bridgehead atoms. The summed E-state index contributed by atoms with van der Waals surface area (Å²) in [5.41, 5.74) is 7.05. The van der Waals surface area contributed by atoms with Gasteiger partial charge in [0.15, 0.2) is 0 Å². The van der Waals surface area contributed by atoms with Gasteiger partial charge in [0, 0.05) is 11.4 Å². The molecule has 2 atom stereocenters. The first-order valence-corrected chi connectivity index (χ1v) is 8.93. The molecule has 7 nitrogen and oxygen atoms in total. The van der Waals surface area contributed by atoms with Crippen molar-refractivity contribution in [2.75, 3.05) is 0 Å². The Labute approximate surface area is 167 Å². The van der Waals surface area contributed by atoms with Crippen LogP contribution in [0.2, 0.25) is 5.02 Å². The maximum Gasteiger partial charge on any atom is 0.334 e. The number of aryl methyl sites for hydroxylation is 1. The summed E-state index contributed by atoms with van der Waals surface area (Å²) in [6.45, 7) is 1.74. The second-order valence-electron chi connectivity index (χ2n) is 6.29. The number of nitrogens with two attached hydrogens (primary N) is 1. The van der Waals surface area contributed by atoms with Crippen LogP contribution in [0.15, 0.2) is 48.5 Å². The van der Waals surface area contributed by atoms with Crippen LogP contribution in [0.3, 0.4) is 0 Å². The Kier molecular flexibility index (Phi) is 7.54. The van der Waals surface area contributed by atoms with Crippen LogP contribution in [-0.2, 0) is 20.8 Å². The van der Waals surface area contributed by atoms with Gasteiger partial charge in [-0.2, -0.15) is 0 Å². The fraction of sp³-hybridized carbons (Fsp3) is 0.250. The van der Waals surface area contributed by atoms with Gasteiger partial charge in [0.05, 0.1) is 12.5 Å². The molecule has 8 heteroatoms. The molecule has 2 aromatic carbocycles. The number of carboxylic acid groups (broad SMARTS) is 1. The number of carbonyl (C=O) groups excluding carboxylic acids is 2. The van der Waals surface area contributed by atoms with Gasteiger partial charge in [-0.25, -0.2) is 4.79 Å². The van der Waals surface area contributed by atoms with E-state index in [1.165, 1.54) is 0 Å². The summed E-state index contributed by atoms with van der Waals surface area (Å²) in [4.78, 5) is 35.7. The highest BCUT2D eigenvalue weighted by Gasteiger charge is 2.27. The molecule has 0 saturated carbocycles. The number of ether oxygens (including phenoxy) is 1. The minimum absolute atomic E-state index is 0.165. The van der Waals surface area contributed by atoms with Gasteiger partial charge in [0.1, 0.15) is 11.8 Å². The molecule has 0 fully saturated rings. The molecule has 0 aliphatic rings.